The van der Waals surface area contributed by atoms with Gasteiger partial charge in [-0.2, -0.15) is 11.8 Å². The van der Waals surface area contributed by atoms with Gasteiger partial charge in [0.05, 0.1) is 34.9 Å². The molecule has 3 amide bonds. The SMILES string of the molecule is COc1cc([N+](=O)[O-])ccc1NC(=O)COC(=O)[C@H](CCSC)N1C(=O)c2ccccc2C1=O. The maximum Gasteiger partial charge on any atom is 0.329 e. The van der Waals surface area contributed by atoms with Gasteiger partial charge in [-0.05, 0) is 36.6 Å². The number of ether oxygens (including phenoxy) is 2. The van der Waals surface area contributed by atoms with Crippen molar-refractivity contribution < 1.29 is 33.6 Å². The third kappa shape index (κ3) is 5.17. The van der Waals surface area contributed by atoms with Gasteiger partial charge in [0.15, 0.2) is 6.61 Å². The van der Waals surface area contributed by atoms with Gasteiger partial charge >= 0.3 is 5.97 Å². The van der Waals surface area contributed by atoms with E-state index in [4.69, 9.17) is 9.47 Å². The second-order valence-corrected chi connectivity index (χ2v) is 8.11. The van der Waals surface area contributed by atoms with Crippen molar-refractivity contribution in [3.8, 4) is 5.75 Å². The van der Waals surface area contributed by atoms with Gasteiger partial charge in [0, 0.05) is 6.07 Å². The Morgan fingerprint density at radius 2 is 1.79 bits per heavy atom. The first-order chi connectivity index (χ1) is 16.3. The van der Waals surface area contributed by atoms with Crippen LogP contribution < -0.4 is 10.1 Å². The van der Waals surface area contributed by atoms with Crippen LogP contribution in [-0.2, 0) is 14.3 Å². The number of nitrogens with one attached hydrogen (secondary N) is 1. The van der Waals surface area contributed by atoms with Crippen LogP contribution >= 0.6 is 11.8 Å². The largest absolute Gasteiger partial charge is 0.494 e. The second-order valence-electron chi connectivity index (χ2n) is 7.12. The van der Waals surface area contributed by atoms with E-state index in [1.165, 1.54) is 43.1 Å². The number of non-ortho nitro benzene ring substituents is 1. The summed E-state index contributed by atoms with van der Waals surface area (Å²) in [5.41, 5.74) is 0.335. The molecule has 0 unspecified atom stereocenters. The highest BCUT2D eigenvalue weighted by atomic mass is 32.2. The number of nitro benzene ring substituents is 1. The van der Waals surface area contributed by atoms with Crippen molar-refractivity contribution >= 4 is 46.8 Å². The monoisotopic (exact) mass is 487 g/mol. The molecule has 2 aromatic carbocycles. The zero-order chi connectivity index (χ0) is 24.8. The van der Waals surface area contributed by atoms with Gasteiger partial charge in [0.2, 0.25) is 0 Å². The van der Waals surface area contributed by atoms with E-state index in [2.05, 4.69) is 5.32 Å². The molecule has 0 aromatic heterocycles. The molecule has 1 atom stereocenters. The molecule has 1 N–H and O–H groups in total. The first-order valence-corrected chi connectivity index (χ1v) is 11.4. The first-order valence-electron chi connectivity index (χ1n) is 10.0. The number of rotatable bonds is 10. The summed E-state index contributed by atoms with van der Waals surface area (Å²) < 4.78 is 10.2. The molecule has 1 aliphatic rings. The second kappa shape index (κ2) is 10.8. The molecule has 0 aliphatic carbocycles. The number of thioether (sulfide) groups is 1. The number of carbonyl (C=O) groups is 4. The summed E-state index contributed by atoms with van der Waals surface area (Å²) in [7, 11) is 1.28. The number of imide groups is 1. The van der Waals surface area contributed by atoms with Crippen molar-refractivity contribution in [1.82, 2.24) is 4.90 Å². The van der Waals surface area contributed by atoms with E-state index in [1.54, 1.807) is 12.1 Å². The van der Waals surface area contributed by atoms with Crippen LogP contribution in [0.15, 0.2) is 42.5 Å². The van der Waals surface area contributed by atoms with Crippen LogP contribution in [0.3, 0.4) is 0 Å². The summed E-state index contributed by atoms with van der Waals surface area (Å²) in [6, 6.07) is 8.69. The van der Waals surface area contributed by atoms with Crippen LogP contribution in [0, 0.1) is 10.1 Å². The normalized spacial score (nSPS) is 13.3. The minimum Gasteiger partial charge on any atom is -0.494 e. The van der Waals surface area contributed by atoms with Crippen LogP contribution in [0.4, 0.5) is 11.4 Å². The lowest BCUT2D eigenvalue weighted by molar-refractivity contribution is -0.384. The van der Waals surface area contributed by atoms with Crippen LogP contribution in [-0.4, -0.2) is 65.3 Å². The topological polar surface area (TPSA) is 145 Å². The Hall–Kier alpha value is -3.93. The molecular weight excluding hydrogens is 466 g/mol. The average Bonchev–Trinajstić information content (AvgIpc) is 3.08. The molecule has 0 spiro atoms. The fraction of sp³-hybridized carbons (Fsp3) is 0.273. The average molecular weight is 487 g/mol. The third-order valence-electron chi connectivity index (χ3n) is 5.02. The fourth-order valence-corrected chi connectivity index (χ4v) is 3.85. The number of hydrogen-bond acceptors (Lipinski definition) is 9. The van der Waals surface area contributed by atoms with Gasteiger partial charge in [0.25, 0.3) is 23.4 Å². The molecule has 0 fully saturated rings. The number of methoxy groups -OCH3 is 1. The molecule has 2 aromatic rings. The minimum absolute atomic E-state index is 0.0535. The molecule has 1 aliphatic heterocycles. The first kappa shape index (κ1) is 24.7. The Labute approximate surface area is 198 Å². The zero-order valence-electron chi connectivity index (χ0n) is 18.3. The lowest BCUT2D eigenvalue weighted by Crippen LogP contribution is -2.46. The van der Waals surface area contributed by atoms with E-state index in [0.717, 1.165) is 11.0 Å². The molecule has 0 saturated carbocycles. The predicted molar refractivity (Wildman–Crippen MR) is 123 cm³/mol. The highest BCUT2D eigenvalue weighted by molar-refractivity contribution is 7.98. The van der Waals surface area contributed by atoms with Crippen LogP contribution in [0.1, 0.15) is 27.1 Å². The lowest BCUT2D eigenvalue weighted by atomic mass is 10.1. The molecule has 3 rings (SSSR count). The van der Waals surface area contributed by atoms with E-state index in [-0.39, 0.29) is 34.7 Å². The van der Waals surface area contributed by atoms with Crippen LogP contribution in [0.2, 0.25) is 0 Å². The Morgan fingerprint density at radius 1 is 1.15 bits per heavy atom. The molecule has 11 nitrogen and oxygen atoms in total. The standard InChI is InChI=1S/C22H21N3O8S/c1-32-18-11-13(25(30)31)7-8-16(18)23-19(26)12-33-22(29)17(9-10-34-2)24-20(27)14-5-3-4-6-15(14)21(24)28/h3-8,11,17H,9-10,12H2,1-2H3,(H,23,26)/t17-/m0/s1. The summed E-state index contributed by atoms with van der Waals surface area (Å²) >= 11 is 1.43. The third-order valence-corrected chi connectivity index (χ3v) is 5.66. The van der Waals surface area contributed by atoms with E-state index < -0.39 is 41.3 Å². The maximum atomic E-state index is 12.8. The molecule has 0 bridgehead atoms. The molecule has 34 heavy (non-hydrogen) atoms. The molecule has 12 heteroatoms. The van der Waals surface area contributed by atoms with Crippen LogP contribution in [0.5, 0.6) is 5.75 Å². The van der Waals surface area contributed by atoms with Crippen molar-refractivity contribution in [3.05, 3.63) is 63.7 Å². The molecule has 0 radical (unpaired) electrons. The number of carbonyl (C=O) groups excluding carboxylic acids is 4. The Bertz CT molecular complexity index is 1120. The van der Waals surface area contributed by atoms with Gasteiger partial charge in [-0.3, -0.25) is 29.4 Å². The lowest BCUT2D eigenvalue weighted by Gasteiger charge is -2.24. The predicted octanol–water partition coefficient (Wildman–Crippen LogP) is 2.50. The van der Waals surface area contributed by atoms with E-state index >= 15 is 0 Å². The van der Waals surface area contributed by atoms with Crippen molar-refractivity contribution in [2.75, 3.05) is 31.0 Å². The highest BCUT2D eigenvalue weighted by Crippen LogP contribution is 2.29. The van der Waals surface area contributed by atoms with E-state index in [9.17, 15) is 29.3 Å². The number of hydrogen-bond donors (Lipinski definition) is 1. The number of amides is 3. The van der Waals surface area contributed by atoms with Gasteiger partial charge in [-0.15, -0.1) is 0 Å². The minimum atomic E-state index is -1.19. The number of nitrogens with zero attached hydrogens (tertiary/aromatic N) is 2. The number of benzene rings is 2. The van der Waals surface area contributed by atoms with Gasteiger partial charge < -0.3 is 14.8 Å². The summed E-state index contributed by atoms with van der Waals surface area (Å²) in [6.07, 6.45) is 1.97. The fourth-order valence-electron chi connectivity index (χ4n) is 3.39. The van der Waals surface area contributed by atoms with Crippen molar-refractivity contribution in [2.24, 2.45) is 0 Å². The van der Waals surface area contributed by atoms with Gasteiger partial charge in [-0.25, -0.2) is 4.79 Å². The van der Waals surface area contributed by atoms with Crippen LogP contribution in [0.25, 0.3) is 0 Å². The van der Waals surface area contributed by atoms with E-state index in [1.807, 2.05) is 6.26 Å². The van der Waals surface area contributed by atoms with Crippen molar-refractivity contribution in [1.29, 1.82) is 0 Å². The Kier molecular flexibility index (Phi) is 7.84. The molecule has 1 heterocycles. The van der Waals surface area contributed by atoms with Crippen molar-refractivity contribution in [3.63, 3.8) is 0 Å². The quantitative estimate of drug-likeness (QED) is 0.231. The zero-order valence-corrected chi connectivity index (χ0v) is 19.1. The summed E-state index contributed by atoms with van der Waals surface area (Å²) in [4.78, 5) is 61.9. The number of fused-ring (bicyclic) bond motifs is 1. The number of nitro groups is 1. The van der Waals surface area contributed by atoms with Gasteiger partial charge in [0.1, 0.15) is 11.8 Å². The number of esters is 1. The molecular formula is C22H21N3O8S. The Morgan fingerprint density at radius 3 is 2.35 bits per heavy atom. The van der Waals surface area contributed by atoms with Gasteiger partial charge in [-0.1, -0.05) is 12.1 Å². The van der Waals surface area contributed by atoms with Crippen molar-refractivity contribution in [2.45, 2.75) is 12.5 Å². The summed E-state index contributed by atoms with van der Waals surface area (Å²) in [6.45, 7) is -0.697. The van der Waals surface area contributed by atoms with E-state index in [0.29, 0.717) is 5.75 Å². The maximum absolute atomic E-state index is 12.8. The highest BCUT2D eigenvalue weighted by Gasteiger charge is 2.43. The molecule has 178 valence electrons. The smallest absolute Gasteiger partial charge is 0.329 e. The molecule has 0 saturated heterocycles. The summed E-state index contributed by atoms with van der Waals surface area (Å²) in [5, 5.41) is 13.3. The Balaban J connectivity index is 1.69. The number of anilines is 1. The summed E-state index contributed by atoms with van der Waals surface area (Å²) in [5.74, 6) is -2.29.